The molecule has 1 N–H and O–H groups in total. The Kier molecular flexibility index (Phi) is 5.08. The summed E-state index contributed by atoms with van der Waals surface area (Å²) in [5.74, 6) is 6.69. The topological polar surface area (TPSA) is 49.8 Å². The number of piperidine rings is 1. The average Bonchev–Trinajstić information content (AvgIpc) is 2.92. The Labute approximate surface area is 153 Å². The van der Waals surface area contributed by atoms with Crippen LogP contribution in [0.3, 0.4) is 0 Å². The van der Waals surface area contributed by atoms with Crippen molar-refractivity contribution in [3.05, 3.63) is 46.2 Å². The molecule has 2 aliphatic heterocycles. The quantitative estimate of drug-likeness (QED) is 0.784. The zero-order chi connectivity index (χ0) is 18.0. The molecule has 0 bridgehead atoms. The number of hydrogen-bond donors (Lipinski definition) is 1. The third kappa shape index (κ3) is 4.18. The van der Waals surface area contributed by atoms with Gasteiger partial charge in [-0.05, 0) is 32.0 Å². The fourth-order valence-corrected chi connectivity index (χ4v) is 3.42. The Hall–Kier alpha value is -1.96. The van der Waals surface area contributed by atoms with Crippen LogP contribution in [0.1, 0.15) is 38.7 Å². The van der Waals surface area contributed by atoms with E-state index in [1.165, 1.54) is 0 Å². The third-order valence-corrected chi connectivity index (χ3v) is 4.93. The lowest BCUT2D eigenvalue weighted by Crippen LogP contribution is -2.46. The molecule has 0 radical (unpaired) electrons. The summed E-state index contributed by atoms with van der Waals surface area (Å²) in [6.45, 7) is 4.78. The summed E-state index contributed by atoms with van der Waals surface area (Å²) < 4.78 is 5.57. The second-order valence-corrected chi connectivity index (χ2v) is 7.19. The average molecular weight is 360 g/mol. The number of benzene rings is 1. The third-order valence-electron chi connectivity index (χ3n) is 4.69. The first-order valence-electron chi connectivity index (χ1n) is 8.53. The van der Waals surface area contributed by atoms with Crippen molar-refractivity contribution in [3.63, 3.8) is 0 Å². The lowest BCUT2D eigenvalue weighted by molar-refractivity contribution is -0.130. The van der Waals surface area contributed by atoms with Gasteiger partial charge < -0.3 is 14.7 Å². The molecule has 25 heavy (non-hydrogen) atoms. The van der Waals surface area contributed by atoms with E-state index in [-0.39, 0.29) is 12.0 Å². The predicted octanol–water partition coefficient (Wildman–Crippen LogP) is 3.13. The zero-order valence-electron chi connectivity index (χ0n) is 14.5. The van der Waals surface area contributed by atoms with Gasteiger partial charge in [0, 0.05) is 42.9 Å². The van der Waals surface area contributed by atoms with E-state index in [1.807, 2.05) is 26.0 Å². The molecule has 0 spiro atoms. The SMILES string of the molecule is CC1=C(C(=O)N2CCC(O)(C#Cc3cccc(Cl)c3)CC2)CC(C)O1. The minimum absolute atomic E-state index is 0.0201. The van der Waals surface area contributed by atoms with E-state index in [1.54, 1.807) is 17.0 Å². The lowest BCUT2D eigenvalue weighted by atomic mass is 9.91. The van der Waals surface area contributed by atoms with Crippen LogP contribution in [0.2, 0.25) is 5.02 Å². The number of nitrogens with zero attached hydrogens (tertiary/aromatic N) is 1. The fourth-order valence-electron chi connectivity index (χ4n) is 3.23. The number of carbonyl (C=O) groups is 1. The van der Waals surface area contributed by atoms with Crippen molar-refractivity contribution in [2.45, 2.75) is 44.8 Å². The summed E-state index contributed by atoms with van der Waals surface area (Å²) in [5, 5.41) is 11.3. The highest BCUT2D eigenvalue weighted by Gasteiger charge is 2.35. The highest BCUT2D eigenvalue weighted by molar-refractivity contribution is 6.30. The van der Waals surface area contributed by atoms with Crippen molar-refractivity contribution in [3.8, 4) is 11.8 Å². The van der Waals surface area contributed by atoms with E-state index >= 15 is 0 Å². The highest BCUT2D eigenvalue weighted by atomic mass is 35.5. The Morgan fingerprint density at radius 3 is 2.72 bits per heavy atom. The second-order valence-electron chi connectivity index (χ2n) is 6.75. The number of rotatable bonds is 1. The fraction of sp³-hybridized carbons (Fsp3) is 0.450. The van der Waals surface area contributed by atoms with Gasteiger partial charge in [-0.25, -0.2) is 0 Å². The van der Waals surface area contributed by atoms with Crippen LogP contribution in [0.25, 0.3) is 0 Å². The molecule has 0 aromatic heterocycles. The first-order chi connectivity index (χ1) is 11.9. The van der Waals surface area contributed by atoms with Crippen LogP contribution in [0.15, 0.2) is 35.6 Å². The molecule has 0 aliphatic carbocycles. The van der Waals surface area contributed by atoms with E-state index in [2.05, 4.69) is 11.8 Å². The molecule has 2 aliphatic rings. The van der Waals surface area contributed by atoms with Crippen LogP contribution in [0, 0.1) is 11.8 Å². The summed E-state index contributed by atoms with van der Waals surface area (Å²) in [7, 11) is 0. The summed E-state index contributed by atoms with van der Waals surface area (Å²) in [5.41, 5.74) is 0.461. The summed E-state index contributed by atoms with van der Waals surface area (Å²) >= 11 is 5.95. The summed E-state index contributed by atoms with van der Waals surface area (Å²) in [6.07, 6.45) is 1.59. The molecule has 1 saturated heterocycles. The van der Waals surface area contributed by atoms with Gasteiger partial charge in [-0.15, -0.1) is 0 Å². The largest absolute Gasteiger partial charge is 0.495 e. The Balaban J connectivity index is 1.63. The minimum Gasteiger partial charge on any atom is -0.495 e. The molecular weight excluding hydrogens is 338 g/mol. The van der Waals surface area contributed by atoms with Crippen molar-refractivity contribution in [1.82, 2.24) is 4.90 Å². The molecule has 0 saturated carbocycles. The van der Waals surface area contributed by atoms with E-state index in [0.29, 0.717) is 37.4 Å². The van der Waals surface area contributed by atoms with E-state index in [4.69, 9.17) is 16.3 Å². The molecule has 1 aromatic carbocycles. The van der Waals surface area contributed by atoms with Crippen molar-refractivity contribution < 1.29 is 14.6 Å². The van der Waals surface area contributed by atoms with Crippen LogP contribution in [-0.4, -0.2) is 40.7 Å². The van der Waals surface area contributed by atoms with Crippen molar-refractivity contribution in [2.24, 2.45) is 0 Å². The minimum atomic E-state index is -1.07. The standard InChI is InChI=1S/C20H22ClNO3/c1-14-12-18(15(2)25-14)19(23)22-10-8-20(24,9-11-22)7-6-16-4-3-5-17(21)13-16/h3-5,13-14,24H,8-12H2,1-2H3. The van der Waals surface area contributed by atoms with Crippen LogP contribution < -0.4 is 0 Å². The van der Waals surface area contributed by atoms with Crippen molar-refractivity contribution >= 4 is 17.5 Å². The van der Waals surface area contributed by atoms with Gasteiger partial charge in [-0.1, -0.05) is 29.5 Å². The van der Waals surface area contributed by atoms with Crippen LogP contribution >= 0.6 is 11.6 Å². The van der Waals surface area contributed by atoms with Gasteiger partial charge in [0.2, 0.25) is 0 Å². The van der Waals surface area contributed by atoms with Crippen LogP contribution in [0.4, 0.5) is 0 Å². The molecule has 2 heterocycles. The smallest absolute Gasteiger partial charge is 0.253 e. The molecule has 1 atom stereocenters. The molecule has 3 rings (SSSR count). The van der Waals surface area contributed by atoms with Gasteiger partial charge in [0.25, 0.3) is 5.91 Å². The molecule has 132 valence electrons. The molecular formula is C20H22ClNO3. The number of amides is 1. The Morgan fingerprint density at radius 2 is 2.12 bits per heavy atom. The predicted molar refractivity (Wildman–Crippen MR) is 97.0 cm³/mol. The van der Waals surface area contributed by atoms with E-state index in [9.17, 15) is 9.90 Å². The number of carbonyl (C=O) groups excluding carboxylic acids is 1. The molecule has 1 unspecified atom stereocenters. The normalized spacial score (nSPS) is 22.2. The maximum Gasteiger partial charge on any atom is 0.253 e. The van der Waals surface area contributed by atoms with Gasteiger partial charge in [-0.2, -0.15) is 0 Å². The van der Waals surface area contributed by atoms with Gasteiger partial charge in [0.05, 0.1) is 11.7 Å². The first-order valence-corrected chi connectivity index (χ1v) is 8.91. The maximum atomic E-state index is 12.6. The molecule has 5 heteroatoms. The maximum absolute atomic E-state index is 12.6. The van der Waals surface area contributed by atoms with Gasteiger partial charge in [0.1, 0.15) is 11.4 Å². The lowest BCUT2D eigenvalue weighted by Gasteiger charge is -2.35. The number of aliphatic hydroxyl groups is 1. The number of ether oxygens (including phenoxy) is 1. The van der Waals surface area contributed by atoms with Crippen molar-refractivity contribution in [2.75, 3.05) is 13.1 Å². The number of likely N-dealkylation sites (tertiary alicyclic amines) is 1. The molecule has 1 amide bonds. The zero-order valence-corrected chi connectivity index (χ0v) is 15.3. The number of allylic oxidation sites excluding steroid dienone is 1. The van der Waals surface area contributed by atoms with E-state index < -0.39 is 5.60 Å². The van der Waals surface area contributed by atoms with Crippen LogP contribution in [-0.2, 0) is 9.53 Å². The second kappa shape index (κ2) is 7.11. The monoisotopic (exact) mass is 359 g/mol. The number of hydrogen-bond acceptors (Lipinski definition) is 3. The first kappa shape index (κ1) is 17.8. The summed E-state index contributed by atoms with van der Waals surface area (Å²) in [4.78, 5) is 14.4. The van der Waals surface area contributed by atoms with Gasteiger partial charge >= 0.3 is 0 Å². The summed E-state index contributed by atoms with van der Waals surface area (Å²) in [6, 6.07) is 7.25. The molecule has 4 nitrogen and oxygen atoms in total. The number of halogens is 1. The molecule has 1 fully saturated rings. The van der Waals surface area contributed by atoms with E-state index in [0.717, 1.165) is 16.9 Å². The van der Waals surface area contributed by atoms with Crippen LogP contribution in [0.5, 0.6) is 0 Å². The van der Waals surface area contributed by atoms with Crippen molar-refractivity contribution in [1.29, 1.82) is 0 Å². The highest BCUT2D eigenvalue weighted by Crippen LogP contribution is 2.29. The Bertz CT molecular complexity index is 767. The molecule has 1 aromatic rings. The van der Waals surface area contributed by atoms with Gasteiger partial charge in [-0.3, -0.25) is 4.79 Å². The Morgan fingerprint density at radius 1 is 1.40 bits per heavy atom. The van der Waals surface area contributed by atoms with Gasteiger partial charge in [0.15, 0.2) is 0 Å².